The topological polar surface area (TPSA) is 38.7 Å². The summed E-state index contributed by atoms with van der Waals surface area (Å²) in [5.74, 6) is 1.87. The number of ether oxygens (including phenoxy) is 2. The third-order valence-corrected chi connectivity index (χ3v) is 3.93. The molecule has 0 unspecified atom stereocenters. The minimum Gasteiger partial charge on any atom is -0.493 e. The molecule has 0 spiro atoms. The van der Waals surface area contributed by atoms with Gasteiger partial charge in [-0.15, -0.1) is 0 Å². The van der Waals surface area contributed by atoms with Gasteiger partial charge in [0.25, 0.3) is 0 Å². The highest BCUT2D eigenvalue weighted by Crippen LogP contribution is 2.49. The van der Waals surface area contributed by atoms with E-state index in [1.165, 1.54) is 12.8 Å². The molecule has 98 valence electrons. The van der Waals surface area contributed by atoms with E-state index < -0.39 is 5.60 Å². The van der Waals surface area contributed by atoms with Gasteiger partial charge in [0, 0.05) is 0 Å². The Hall–Kier alpha value is -0.930. The molecule has 0 heterocycles. The highest BCUT2D eigenvalue weighted by molar-refractivity contribution is 6.32. The Labute approximate surface area is 112 Å². The van der Waals surface area contributed by atoms with Crippen LogP contribution in [0.1, 0.15) is 31.2 Å². The highest BCUT2D eigenvalue weighted by Gasteiger charge is 2.43. The van der Waals surface area contributed by atoms with Gasteiger partial charge in [-0.1, -0.05) is 11.6 Å². The molecule has 0 atom stereocenters. The molecule has 4 heteroatoms. The van der Waals surface area contributed by atoms with Crippen LogP contribution in [0, 0.1) is 5.92 Å². The second-order valence-corrected chi connectivity index (χ2v) is 5.68. The van der Waals surface area contributed by atoms with Crippen molar-refractivity contribution in [2.45, 2.75) is 31.3 Å². The van der Waals surface area contributed by atoms with Crippen molar-refractivity contribution in [1.82, 2.24) is 0 Å². The van der Waals surface area contributed by atoms with Crippen LogP contribution in [0.4, 0.5) is 0 Å². The molecule has 0 amide bonds. The number of aliphatic hydroxyl groups is 1. The van der Waals surface area contributed by atoms with Crippen LogP contribution >= 0.6 is 11.6 Å². The Kier molecular flexibility index (Phi) is 2.91. The van der Waals surface area contributed by atoms with E-state index in [9.17, 15) is 5.11 Å². The quantitative estimate of drug-likeness (QED) is 0.892. The normalized spacial score (nSPS) is 20.6. The summed E-state index contributed by atoms with van der Waals surface area (Å²) < 4.78 is 11.1. The number of hydrogen-bond donors (Lipinski definition) is 1. The smallest absolute Gasteiger partial charge is 0.179 e. The Morgan fingerprint density at radius 2 is 2.11 bits per heavy atom. The summed E-state index contributed by atoms with van der Waals surface area (Å²) in [4.78, 5) is 0. The van der Waals surface area contributed by atoms with Gasteiger partial charge in [0.15, 0.2) is 11.5 Å². The SMILES string of the molecule is COc1cc(C2(O)CC2)cc(Cl)c1OCC1CC1. The first-order valence-corrected chi connectivity index (χ1v) is 6.73. The molecule has 0 radical (unpaired) electrons. The minimum absolute atomic E-state index is 0.519. The Morgan fingerprint density at radius 1 is 1.39 bits per heavy atom. The van der Waals surface area contributed by atoms with Gasteiger partial charge in [-0.3, -0.25) is 0 Å². The lowest BCUT2D eigenvalue weighted by atomic mass is 10.1. The molecule has 3 nitrogen and oxygen atoms in total. The first-order chi connectivity index (χ1) is 8.62. The zero-order chi connectivity index (χ0) is 12.8. The van der Waals surface area contributed by atoms with Crippen LogP contribution in [-0.2, 0) is 5.60 Å². The Morgan fingerprint density at radius 3 is 2.67 bits per heavy atom. The molecule has 2 aliphatic rings. The average molecular weight is 269 g/mol. The highest BCUT2D eigenvalue weighted by atomic mass is 35.5. The van der Waals surface area contributed by atoms with Crippen molar-refractivity contribution in [3.63, 3.8) is 0 Å². The first kappa shape index (κ1) is 12.1. The molecule has 1 aromatic carbocycles. The molecule has 0 aromatic heterocycles. The summed E-state index contributed by atoms with van der Waals surface area (Å²) in [6, 6.07) is 3.63. The fourth-order valence-electron chi connectivity index (χ4n) is 2.02. The van der Waals surface area contributed by atoms with Gasteiger partial charge in [-0.05, 0) is 49.3 Å². The van der Waals surface area contributed by atoms with Gasteiger partial charge in [0.05, 0.1) is 24.3 Å². The first-order valence-electron chi connectivity index (χ1n) is 6.35. The van der Waals surface area contributed by atoms with Crippen molar-refractivity contribution < 1.29 is 14.6 Å². The maximum atomic E-state index is 10.1. The number of methoxy groups -OCH3 is 1. The van der Waals surface area contributed by atoms with Gasteiger partial charge < -0.3 is 14.6 Å². The summed E-state index contributed by atoms with van der Waals surface area (Å²) in [6.07, 6.45) is 4.04. The maximum Gasteiger partial charge on any atom is 0.179 e. The van der Waals surface area contributed by atoms with Gasteiger partial charge in [0.2, 0.25) is 0 Å². The molecule has 0 saturated heterocycles. The van der Waals surface area contributed by atoms with E-state index in [2.05, 4.69) is 0 Å². The molecule has 1 aromatic rings. The van der Waals surface area contributed by atoms with Gasteiger partial charge in [-0.25, -0.2) is 0 Å². The molecule has 3 rings (SSSR count). The molecule has 2 saturated carbocycles. The van der Waals surface area contributed by atoms with Gasteiger partial charge in [0.1, 0.15) is 0 Å². The van der Waals surface area contributed by atoms with Crippen LogP contribution in [0.2, 0.25) is 5.02 Å². The van der Waals surface area contributed by atoms with Crippen LogP contribution in [0.5, 0.6) is 11.5 Å². The van der Waals surface area contributed by atoms with E-state index in [0.29, 0.717) is 29.0 Å². The zero-order valence-corrected chi connectivity index (χ0v) is 11.2. The van der Waals surface area contributed by atoms with E-state index in [-0.39, 0.29) is 0 Å². The van der Waals surface area contributed by atoms with Crippen molar-refractivity contribution in [3.8, 4) is 11.5 Å². The summed E-state index contributed by atoms with van der Waals surface area (Å²) >= 11 is 6.23. The van der Waals surface area contributed by atoms with Crippen molar-refractivity contribution >= 4 is 11.6 Å². The van der Waals surface area contributed by atoms with Crippen molar-refractivity contribution in [2.75, 3.05) is 13.7 Å². The van der Waals surface area contributed by atoms with Crippen molar-refractivity contribution in [1.29, 1.82) is 0 Å². The summed E-state index contributed by atoms with van der Waals surface area (Å²) in [7, 11) is 1.59. The summed E-state index contributed by atoms with van der Waals surface area (Å²) in [5, 5.41) is 10.6. The fraction of sp³-hybridized carbons (Fsp3) is 0.571. The number of hydrogen-bond acceptors (Lipinski definition) is 3. The molecular formula is C14H17ClO3. The van der Waals surface area contributed by atoms with E-state index in [1.54, 1.807) is 13.2 Å². The van der Waals surface area contributed by atoms with Crippen molar-refractivity contribution in [3.05, 3.63) is 22.7 Å². The van der Waals surface area contributed by atoms with Crippen molar-refractivity contribution in [2.24, 2.45) is 5.92 Å². The van der Waals surface area contributed by atoms with Crippen LogP contribution in [0.15, 0.2) is 12.1 Å². The molecule has 0 bridgehead atoms. The van der Waals surface area contributed by atoms with Crippen LogP contribution < -0.4 is 9.47 Å². The van der Waals surface area contributed by atoms with Gasteiger partial charge in [-0.2, -0.15) is 0 Å². The van der Waals surface area contributed by atoms with E-state index >= 15 is 0 Å². The predicted molar refractivity (Wildman–Crippen MR) is 69.4 cm³/mol. The van der Waals surface area contributed by atoms with Crippen LogP contribution in [-0.4, -0.2) is 18.8 Å². The lowest BCUT2D eigenvalue weighted by Gasteiger charge is -2.16. The Balaban J connectivity index is 1.87. The zero-order valence-electron chi connectivity index (χ0n) is 10.4. The molecule has 2 aliphatic carbocycles. The fourth-order valence-corrected chi connectivity index (χ4v) is 2.29. The average Bonchev–Trinajstić information content (AvgIpc) is 3.24. The predicted octanol–water partition coefficient (Wildman–Crippen LogP) is 3.12. The van der Waals surface area contributed by atoms with Crippen LogP contribution in [0.25, 0.3) is 0 Å². The number of rotatable bonds is 5. The lowest BCUT2D eigenvalue weighted by Crippen LogP contribution is -2.07. The maximum absolute atomic E-state index is 10.1. The monoisotopic (exact) mass is 268 g/mol. The Bertz CT molecular complexity index is 464. The standard InChI is InChI=1S/C14H17ClO3/c1-17-12-7-10(14(16)4-5-14)6-11(15)13(12)18-8-9-2-3-9/h6-7,9,16H,2-5,8H2,1H3. The van der Waals surface area contributed by atoms with E-state index in [0.717, 1.165) is 18.4 Å². The minimum atomic E-state index is -0.702. The summed E-state index contributed by atoms with van der Waals surface area (Å²) in [6.45, 7) is 0.694. The lowest BCUT2D eigenvalue weighted by molar-refractivity contribution is 0.151. The molecular weight excluding hydrogens is 252 g/mol. The van der Waals surface area contributed by atoms with Gasteiger partial charge >= 0.3 is 0 Å². The molecule has 18 heavy (non-hydrogen) atoms. The third kappa shape index (κ3) is 2.29. The number of halogens is 1. The summed E-state index contributed by atoms with van der Waals surface area (Å²) in [5.41, 5.74) is 0.120. The number of benzene rings is 1. The largest absolute Gasteiger partial charge is 0.493 e. The second kappa shape index (κ2) is 4.32. The molecule has 0 aliphatic heterocycles. The second-order valence-electron chi connectivity index (χ2n) is 5.28. The molecule has 2 fully saturated rings. The molecule has 1 N–H and O–H groups in total. The van der Waals surface area contributed by atoms with E-state index in [4.69, 9.17) is 21.1 Å². The third-order valence-electron chi connectivity index (χ3n) is 3.65. The van der Waals surface area contributed by atoms with Crippen LogP contribution in [0.3, 0.4) is 0 Å². The van der Waals surface area contributed by atoms with E-state index in [1.807, 2.05) is 6.07 Å².